The molecule has 0 bridgehead atoms. The van der Waals surface area contributed by atoms with Crippen LogP contribution in [0, 0.1) is 6.92 Å². The molecule has 26 heavy (non-hydrogen) atoms. The van der Waals surface area contributed by atoms with Crippen molar-refractivity contribution in [3.8, 4) is 22.6 Å². The molecule has 0 aliphatic carbocycles. The molecular formula is C22H24N2O2. The van der Waals surface area contributed by atoms with E-state index in [4.69, 9.17) is 9.40 Å². The summed E-state index contributed by atoms with van der Waals surface area (Å²) in [5.74, 6) is 1.52. The van der Waals surface area contributed by atoms with Crippen molar-refractivity contribution in [3.63, 3.8) is 0 Å². The van der Waals surface area contributed by atoms with Gasteiger partial charge < -0.3 is 9.52 Å². The molecule has 0 spiro atoms. The summed E-state index contributed by atoms with van der Waals surface area (Å²) in [6.07, 6.45) is 2.19. The number of benzene rings is 2. The molecule has 3 aromatic rings. The number of nitrogens with zero attached hydrogens (tertiary/aromatic N) is 2. The van der Waals surface area contributed by atoms with E-state index in [0.29, 0.717) is 5.89 Å². The predicted molar refractivity (Wildman–Crippen MR) is 103 cm³/mol. The van der Waals surface area contributed by atoms with Crippen LogP contribution in [0.5, 0.6) is 0 Å². The van der Waals surface area contributed by atoms with E-state index in [1.54, 1.807) is 0 Å². The molecule has 1 aromatic heterocycles. The van der Waals surface area contributed by atoms with Gasteiger partial charge >= 0.3 is 0 Å². The molecule has 4 nitrogen and oxygen atoms in total. The van der Waals surface area contributed by atoms with Gasteiger partial charge in [0, 0.05) is 18.2 Å². The first kappa shape index (κ1) is 17.0. The minimum Gasteiger partial charge on any atom is -0.441 e. The van der Waals surface area contributed by atoms with Gasteiger partial charge in [-0.25, -0.2) is 4.98 Å². The molecule has 2 heterocycles. The molecule has 1 saturated heterocycles. The van der Waals surface area contributed by atoms with Crippen LogP contribution in [0.15, 0.2) is 59.0 Å². The van der Waals surface area contributed by atoms with Crippen LogP contribution in [0.4, 0.5) is 0 Å². The first-order valence-electron chi connectivity index (χ1n) is 9.21. The molecule has 134 valence electrons. The van der Waals surface area contributed by atoms with Crippen molar-refractivity contribution in [2.45, 2.75) is 32.4 Å². The minimum atomic E-state index is 0.213. The Bertz CT molecular complexity index is 856. The highest BCUT2D eigenvalue weighted by Gasteiger charge is 2.25. The number of likely N-dealkylation sites (tertiary alicyclic amines) is 1. The van der Waals surface area contributed by atoms with Gasteiger partial charge in [-0.3, -0.25) is 4.90 Å². The van der Waals surface area contributed by atoms with Gasteiger partial charge in [-0.2, -0.15) is 0 Å². The standard InChI is InChI=1S/C22H24N2O2/c1-16-21(14-24-13-5-8-20(24)15-25)23-22(26-16)19-11-9-18(10-12-19)17-6-3-2-4-7-17/h2-4,6-7,9-12,20,25H,5,8,13-15H2,1H3/t20-/m0/s1. The number of oxazole rings is 1. The summed E-state index contributed by atoms with van der Waals surface area (Å²) < 4.78 is 5.93. The molecule has 1 atom stereocenters. The van der Waals surface area contributed by atoms with E-state index in [0.717, 1.165) is 42.9 Å². The van der Waals surface area contributed by atoms with Crippen molar-refractivity contribution >= 4 is 0 Å². The Morgan fingerprint density at radius 3 is 2.46 bits per heavy atom. The summed E-state index contributed by atoms with van der Waals surface area (Å²) in [6.45, 7) is 3.93. The topological polar surface area (TPSA) is 49.5 Å². The second kappa shape index (κ2) is 7.44. The van der Waals surface area contributed by atoms with E-state index < -0.39 is 0 Å². The summed E-state index contributed by atoms with van der Waals surface area (Å²) >= 11 is 0. The molecule has 0 amide bonds. The zero-order valence-corrected chi connectivity index (χ0v) is 15.1. The molecule has 0 radical (unpaired) electrons. The van der Waals surface area contributed by atoms with Gasteiger partial charge in [-0.15, -0.1) is 0 Å². The Kier molecular flexibility index (Phi) is 4.87. The Hall–Kier alpha value is -2.43. The normalized spacial score (nSPS) is 17.7. The molecule has 1 aliphatic rings. The number of aliphatic hydroxyl groups excluding tert-OH is 1. The van der Waals surface area contributed by atoms with E-state index in [2.05, 4.69) is 41.3 Å². The largest absolute Gasteiger partial charge is 0.441 e. The first-order valence-corrected chi connectivity index (χ1v) is 9.21. The highest BCUT2D eigenvalue weighted by molar-refractivity contribution is 5.67. The molecule has 1 N–H and O–H groups in total. The number of rotatable bonds is 5. The van der Waals surface area contributed by atoms with Crippen LogP contribution >= 0.6 is 0 Å². The number of aryl methyl sites for hydroxylation is 1. The lowest BCUT2D eigenvalue weighted by atomic mass is 10.0. The van der Waals surface area contributed by atoms with Gasteiger partial charge in [-0.1, -0.05) is 42.5 Å². The van der Waals surface area contributed by atoms with Crippen molar-refractivity contribution < 1.29 is 9.52 Å². The van der Waals surface area contributed by atoms with Gasteiger partial charge in [0.1, 0.15) is 5.76 Å². The van der Waals surface area contributed by atoms with Gasteiger partial charge in [0.25, 0.3) is 0 Å². The van der Waals surface area contributed by atoms with Crippen molar-refractivity contribution in [2.24, 2.45) is 0 Å². The van der Waals surface area contributed by atoms with Crippen LogP contribution in [-0.2, 0) is 6.54 Å². The lowest BCUT2D eigenvalue weighted by Crippen LogP contribution is -2.31. The van der Waals surface area contributed by atoms with Crippen LogP contribution < -0.4 is 0 Å². The van der Waals surface area contributed by atoms with Crippen molar-refractivity contribution in [1.29, 1.82) is 0 Å². The zero-order valence-electron chi connectivity index (χ0n) is 15.1. The summed E-state index contributed by atoms with van der Waals surface area (Å²) in [7, 11) is 0. The van der Waals surface area contributed by atoms with Gasteiger partial charge in [0.2, 0.25) is 5.89 Å². The predicted octanol–water partition coefficient (Wildman–Crippen LogP) is 4.27. The summed E-state index contributed by atoms with van der Waals surface area (Å²) in [5, 5.41) is 9.50. The van der Waals surface area contributed by atoms with E-state index in [1.165, 1.54) is 11.1 Å². The van der Waals surface area contributed by atoms with E-state index >= 15 is 0 Å². The summed E-state index contributed by atoms with van der Waals surface area (Å²) in [5.41, 5.74) is 4.33. The molecule has 0 saturated carbocycles. The maximum absolute atomic E-state index is 9.50. The monoisotopic (exact) mass is 348 g/mol. The van der Waals surface area contributed by atoms with Crippen molar-refractivity contribution in [2.75, 3.05) is 13.2 Å². The van der Waals surface area contributed by atoms with Gasteiger partial charge in [-0.05, 0) is 49.6 Å². The Morgan fingerprint density at radius 2 is 1.73 bits per heavy atom. The third-order valence-electron chi connectivity index (χ3n) is 5.19. The third kappa shape index (κ3) is 3.43. The van der Waals surface area contributed by atoms with Crippen LogP contribution in [-0.4, -0.2) is 34.2 Å². The fourth-order valence-corrected chi connectivity index (χ4v) is 3.64. The SMILES string of the molecule is Cc1oc(-c2ccc(-c3ccccc3)cc2)nc1CN1CCC[C@H]1CO. The average molecular weight is 348 g/mol. The molecule has 2 aromatic carbocycles. The highest BCUT2D eigenvalue weighted by atomic mass is 16.4. The zero-order chi connectivity index (χ0) is 17.9. The molecule has 4 heteroatoms. The smallest absolute Gasteiger partial charge is 0.226 e. The quantitative estimate of drug-likeness (QED) is 0.748. The molecule has 4 rings (SSSR count). The molecular weight excluding hydrogens is 324 g/mol. The number of aliphatic hydroxyl groups is 1. The molecule has 1 fully saturated rings. The fourth-order valence-electron chi connectivity index (χ4n) is 3.64. The highest BCUT2D eigenvalue weighted by Crippen LogP contribution is 2.27. The van der Waals surface area contributed by atoms with Crippen molar-refractivity contribution in [3.05, 3.63) is 66.1 Å². The van der Waals surface area contributed by atoms with E-state index in [-0.39, 0.29) is 12.6 Å². The lowest BCUT2D eigenvalue weighted by molar-refractivity contribution is 0.152. The maximum atomic E-state index is 9.50. The minimum absolute atomic E-state index is 0.213. The first-order chi connectivity index (χ1) is 12.7. The lowest BCUT2D eigenvalue weighted by Gasteiger charge is -2.21. The Labute approximate surface area is 154 Å². The van der Waals surface area contributed by atoms with E-state index in [9.17, 15) is 5.11 Å². The molecule has 0 unspecified atom stereocenters. The second-order valence-corrected chi connectivity index (χ2v) is 6.91. The van der Waals surface area contributed by atoms with Crippen LogP contribution in [0.25, 0.3) is 22.6 Å². The Morgan fingerprint density at radius 1 is 1.04 bits per heavy atom. The number of aromatic nitrogens is 1. The summed E-state index contributed by atoms with van der Waals surface area (Å²) in [6, 6.07) is 18.9. The maximum Gasteiger partial charge on any atom is 0.226 e. The van der Waals surface area contributed by atoms with Crippen molar-refractivity contribution in [1.82, 2.24) is 9.88 Å². The van der Waals surface area contributed by atoms with Crippen LogP contribution in [0.2, 0.25) is 0 Å². The summed E-state index contributed by atoms with van der Waals surface area (Å²) in [4.78, 5) is 7.02. The second-order valence-electron chi connectivity index (χ2n) is 6.91. The number of hydrogen-bond donors (Lipinski definition) is 1. The van der Waals surface area contributed by atoms with Crippen LogP contribution in [0.3, 0.4) is 0 Å². The fraction of sp³-hybridized carbons (Fsp3) is 0.318. The van der Waals surface area contributed by atoms with Gasteiger partial charge in [0.15, 0.2) is 0 Å². The average Bonchev–Trinajstić information content (AvgIpc) is 3.29. The Balaban J connectivity index is 1.53. The number of hydrogen-bond acceptors (Lipinski definition) is 4. The van der Waals surface area contributed by atoms with E-state index in [1.807, 2.05) is 25.1 Å². The third-order valence-corrected chi connectivity index (χ3v) is 5.19. The molecule has 1 aliphatic heterocycles. The van der Waals surface area contributed by atoms with Crippen LogP contribution in [0.1, 0.15) is 24.3 Å². The van der Waals surface area contributed by atoms with Gasteiger partial charge in [0.05, 0.1) is 12.3 Å².